The summed E-state index contributed by atoms with van der Waals surface area (Å²) >= 11 is 0. The molecule has 56 heavy (non-hydrogen) atoms. The summed E-state index contributed by atoms with van der Waals surface area (Å²) in [5.41, 5.74) is 0. The monoisotopic (exact) mass is 792 g/mol. The van der Waals surface area contributed by atoms with E-state index < -0.39 is 0 Å². The molecule has 0 saturated carbocycles. The van der Waals surface area contributed by atoms with Crippen LogP contribution in [0.25, 0.3) is 0 Å². The molecule has 0 aliphatic heterocycles. The van der Waals surface area contributed by atoms with Crippen LogP contribution in [0.4, 0.5) is 4.79 Å². The molecule has 0 bridgehead atoms. The average molecular weight is 792 g/mol. The third kappa shape index (κ3) is 42.2. The van der Waals surface area contributed by atoms with Crippen LogP contribution in [0.2, 0.25) is 0 Å². The van der Waals surface area contributed by atoms with Crippen molar-refractivity contribution in [3.63, 3.8) is 0 Å². The van der Waals surface area contributed by atoms with Gasteiger partial charge in [-0.15, -0.1) is 0 Å². The normalized spacial score (nSPS) is 12.1. The Morgan fingerprint density at radius 3 is 1.25 bits per heavy atom. The fourth-order valence-electron chi connectivity index (χ4n) is 6.95. The van der Waals surface area contributed by atoms with Gasteiger partial charge in [0, 0.05) is 32.8 Å². The number of carbonyl (C=O) groups excluding carboxylic acids is 1. The molecule has 0 fully saturated rings. The van der Waals surface area contributed by atoms with Gasteiger partial charge in [-0.3, -0.25) is 0 Å². The minimum Gasteiger partial charge on any atom is -0.448 e. The van der Waals surface area contributed by atoms with E-state index in [0.29, 0.717) is 19.8 Å². The zero-order valence-electron chi connectivity index (χ0n) is 38.3. The van der Waals surface area contributed by atoms with E-state index in [0.717, 1.165) is 58.8 Å². The molecule has 7 nitrogen and oxygen atoms in total. The molecule has 1 N–H and O–H groups in total. The number of carbonyl (C=O) groups is 1. The Balaban J connectivity index is 4.18. The summed E-state index contributed by atoms with van der Waals surface area (Å²) in [5.74, 6) is 0. The molecular formula is C49H97N3O4. The molecule has 0 saturated heterocycles. The molecule has 0 aliphatic rings. The van der Waals surface area contributed by atoms with Gasteiger partial charge >= 0.3 is 6.09 Å². The second kappa shape index (κ2) is 46.3. The maximum absolute atomic E-state index is 12.7. The Morgan fingerprint density at radius 1 is 0.482 bits per heavy atom. The summed E-state index contributed by atoms with van der Waals surface area (Å²) in [6, 6.07) is -0.203. The van der Waals surface area contributed by atoms with Gasteiger partial charge in [0.2, 0.25) is 0 Å². The van der Waals surface area contributed by atoms with Crippen molar-refractivity contribution in [1.82, 2.24) is 15.1 Å². The molecule has 7 heteroatoms. The van der Waals surface area contributed by atoms with E-state index in [1.165, 1.54) is 167 Å². The predicted molar refractivity (Wildman–Crippen MR) is 244 cm³/mol. The lowest BCUT2D eigenvalue weighted by atomic mass is 10.1. The van der Waals surface area contributed by atoms with Crippen molar-refractivity contribution in [2.45, 2.75) is 214 Å². The maximum Gasteiger partial charge on any atom is 0.407 e. The molecule has 0 aliphatic carbocycles. The highest BCUT2D eigenvalue weighted by molar-refractivity contribution is 5.67. The van der Waals surface area contributed by atoms with E-state index in [-0.39, 0.29) is 12.1 Å². The number of nitrogens with one attached hydrogen (secondary N) is 1. The number of likely N-dealkylation sites (N-methyl/N-ethyl adjacent to an activating group) is 2. The van der Waals surface area contributed by atoms with Crippen LogP contribution in [0.3, 0.4) is 0 Å². The van der Waals surface area contributed by atoms with E-state index in [9.17, 15) is 4.79 Å². The van der Waals surface area contributed by atoms with Gasteiger partial charge in [-0.25, -0.2) is 4.79 Å². The minimum absolute atomic E-state index is 0.203. The van der Waals surface area contributed by atoms with Crippen LogP contribution < -0.4 is 5.32 Å². The number of nitrogens with zero attached hydrogens (tertiary/aromatic N) is 2. The highest BCUT2D eigenvalue weighted by Crippen LogP contribution is 2.12. The summed E-state index contributed by atoms with van der Waals surface area (Å²) < 4.78 is 17.6. The Kier molecular flexibility index (Phi) is 45.1. The predicted octanol–water partition coefficient (Wildman–Crippen LogP) is 13.5. The molecular weight excluding hydrogens is 695 g/mol. The molecule has 0 heterocycles. The Bertz CT molecular complexity index is 788. The van der Waals surface area contributed by atoms with E-state index >= 15 is 0 Å². The second-order valence-corrected chi connectivity index (χ2v) is 16.3. The van der Waals surface area contributed by atoms with Gasteiger partial charge in [0.25, 0.3) is 0 Å². The quantitative estimate of drug-likeness (QED) is 0.0489. The number of hydrogen-bond donors (Lipinski definition) is 1. The third-order valence-corrected chi connectivity index (χ3v) is 11.0. The molecule has 332 valence electrons. The molecule has 0 rings (SSSR count). The first-order chi connectivity index (χ1) is 27.6. The molecule has 0 spiro atoms. The maximum atomic E-state index is 12.7. The Hall–Kier alpha value is -1.41. The number of hydrogen-bond acceptors (Lipinski definition) is 6. The van der Waals surface area contributed by atoms with Gasteiger partial charge < -0.3 is 29.3 Å². The number of amides is 1. The van der Waals surface area contributed by atoms with Crippen molar-refractivity contribution in [2.24, 2.45) is 0 Å². The lowest BCUT2D eigenvalue weighted by molar-refractivity contribution is 0.0484. The van der Waals surface area contributed by atoms with Crippen LogP contribution in [-0.2, 0) is 14.2 Å². The van der Waals surface area contributed by atoms with Crippen molar-refractivity contribution in [3.05, 3.63) is 24.3 Å². The Labute approximate surface area is 349 Å². The second-order valence-electron chi connectivity index (χ2n) is 16.3. The first-order valence-electron chi connectivity index (χ1n) is 24.4. The van der Waals surface area contributed by atoms with Crippen molar-refractivity contribution >= 4 is 6.09 Å². The first kappa shape index (κ1) is 54.6. The summed E-state index contributed by atoms with van der Waals surface area (Å²) in [7, 11) is 2.08. The lowest BCUT2D eigenvalue weighted by Gasteiger charge is -2.23. The zero-order valence-corrected chi connectivity index (χ0v) is 38.3. The van der Waals surface area contributed by atoms with Gasteiger partial charge in [0.1, 0.15) is 6.61 Å². The van der Waals surface area contributed by atoms with Crippen molar-refractivity contribution < 1.29 is 19.0 Å². The third-order valence-electron chi connectivity index (χ3n) is 11.0. The van der Waals surface area contributed by atoms with E-state index in [1.807, 2.05) is 0 Å². The number of allylic oxidation sites excluding steroid dienone is 4. The van der Waals surface area contributed by atoms with Gasteiger partial charge in [0.15, 0.2) is 0 Å². The summed E-state index contributed by atoms with van der Waals surface area (Å²) in [6.45, 7) is 16.5. The molecule has 1 amide bonds. The van der Waals surface area contributed by atoms with Crippen LogP contribution >= 0.6 is 0 Å². The summed E-state index contributed by atoms with van der Waals surface area (Å²) in [6.07, 6.45) is 45.6. The molecule has 0 radical (unpaired) electrons. The minimum atomic E-state index is -0.381. The highest BCUT2D eigenvalue weighted by atomic mass is 16.6. The Morgan fingerprint density at radius 2 is 0.857 bits per heavy atom. The fourth-order valence-corrected chi connectivity index (χ4v) is 6.95. The van der Waals surface area contributed by atoms with E-state index in [2.05, 4.69) is 74.2 Å². The van der Waals surface area contributed by atoms with Crippen molar-refractivity contribution in [2.75, 3.05) is 72.8 Å². The van der Waals surface area contributed by atoms with Crippen LogP contribution in [0.5, 0.6) is 0 Å². The van der Waals surface area contributed by atoms with Gasteiger partial charge in [-0.05, 0) is 84.3 Å². The summed E-state index contributed by atoms with van der Waals surface area (Å²) in [4.78, 5) is 17.3. The van der Waals surface area contributed by atoms with Crippen molar-refractivity contribution in [3.8, 4) is 0 Å². The van der Waals surface area contributed by atoms with E-state index in [1.54, 1.807) is 0 Å². The fraction of sp³-hybridized carbons (Fsp3) is 0.898. The molecule has 0 aromatic carbocycles. The van der Waals surface area contributed by atoms with Gasteiger partial charge in [0.05, 0.1) is 19.3 Å². The zero-order chi connectivity index (χ0) is 40.8. The molecule has 0 unspecified atom stereocenters. The standard InChI is InChI=1S/C49H97N3O4/c1-6-10-12-14-16-18-20-22-24-26-28-30-32-34-36-38-43-54-46-48(50-49(53)56-45-42-51(5)40-41-52(8-3)9-4)47-55-44-39-37-35-33-31-29-27-25-23-21-19-17-15-13-11-7-2/h22-25,48H,6-21,26-47H2,1-5H3,(H,50,53)/b24-22-,25-23-. The molecule has 0 aromatic heterocycles. The van der Waals surface area contributed by atoms with E-state index in [4.69, 9.17) is 14.2 Å². The number of ether oxygens (including phenoxy) is 3. The topological polar surface area (TPSA) is 63.3 Å². The SMILES string of the molecule is CCCCCCCC/C=C\CCCCCCCCOCC(COCCCCCCCC/C=C\CCCCCCCC)NC(=O)OCCN(C)CCN(CC)CC. The lowest BCUT2D eigenvalue weighted by Crippen LogP contribution is -2.43. The van der Waals surface area contributed by atoms with Crippen molar-refractivity contribution in [1.29, 1.82) is 0 Å². The highest BCUT2D eigenvalue weighted by Gasteiger charge is 2.15. The number of rotatable bonds is 45. The average Bonchev–Trinajstić information content (AvgIpc) is 3.20. The van der Waals surface area contributed by atoms with Gasteiger partial charge in [-0.2, -0.15) is 0 Å². The smallest absolute Gasteiger partial charge is 0.407 e. The molecule has 0 atom stereocenters. The summed E-state index contributed by atoms with van der Waals surface area (Å²) in [5, 5.41) is 3.02. The van der Waals surface area contributed by atoms with Crippen LogP contribution in [0.15, 0.2) is 24.3 Å². The van der Waals surface area contributed by atoms with Gasteiger partial charge in [-0.1, -0.05) is 168 Å². The first-order valence-corrected chi connectivity index (χ1v) is 24.4. The number of unbranched alkanes of at least 4 members (excludes halogenated alkanes) is 24. The van der Waals surface area contributed by atoms with Crippen LogP contribution in [-0.4, -0.2) is 94.7 Å². The molecule has 0 aromatic rings. The van der Waals surface area contributed by atoms with Crippen LogP contribution in [0, 0.1) is 0 Å². The van der Waals surface area contributed by atoms with Crippen LogP contribution in [0.1, 0.15) is 207 Å². The largest absolute Gasteiger partial charge is 0.448 e. The number of alkyl carbamates (subject to hydrolysis) is 1.